The Labute approximate surface area is 67.7 Å². The lowest BCUT2D eigenvalue weighted by molar-refractivity contribution is 0.0930. The maximum Gasteiger partial charge on any atom is 0.319 e. The van der Waals surface area contributed by atoms with Crippen molar-refractivity contribution in [2.75, 3.05) is 0 Å². The molecule has 3 N–H and O–H groups in total. The van der Waals surface area contributed by atoms with Crippen LogP contribution in [0, 0.1) is 6.92 Å². The number of primary amides is 1. The minimum Gasteiger partial charge on any atom is -0.351 e. The predicted octanol–water partition coefficient (Wildman–Crippen LogP) is -0.208. The van der Waals surface area contributed by atoms with Crippen molar-refractivity contribution < 1.29 is 14.1 Å². The summed E-state index contributed by atoms with van der Waals surface area (Å²) in [6, 6.07) is 0.479. The third-order valence-electron chi connectivity index (χ3n) is 1.09. The second kappa shape index (κ2) is 3.04. The van der Waals surface area contributed by atoms with Gasteiger partial charge in [0.2, 0.25) is 5.76 Å². The Morgan fingerprint density at radius 1 is 1.67 bits per heavy atom. The lowest BCUT2D eigenvalue weighted by Gasteiger charge is -1.93. The van der Waals surface area contributed by atoms with Crippen LogP contribution in [0.4, 0.5) is 4.79 Å². The standard InChI is InChI=1S/C6H7N3O3/c1-3-2-4(12-9-3)5(10)8-6(7)11/h2H,1H3,(H3,7,8,10,11). The highest BCUT2D eigenvalue weighted by Gasteiger charge is 2.12. The smallest absolute Gasteiger partial charge is 0.319 e. The molecule has 0 unspecified atom stereocenters. The van der Waals surface area contributed by atoms with Gasteiger partial charge in [0.05, 0.1) is 5.69 Å². The molecule has 1 aromatic rings. The first kappa shape index (κ1) is 8.25. The van der Waals surface area contributed by atoms with Gasteiger partial charge in [-0.3, -0.25) is 10.1 Å². The van der Waals surface area contributed by atoms with E-state index >= 15 is 0 Å². The highest BCUT2D eigenvalue weighted by Crippen LogP contribution is 2.00. The number of rotatable bonds is 1. The molecule has 1 heterocycles. The largest absolute Gasteiger partial charge is 0.351 e. The topological polar surface area (TPSA) is 98.2 Å². The Balaban J connectivity index is 2.72. The van der Waals surface area contributed by atoms with Gasteiger partial charge >= 0.3 is 6.03 Å². The van der Waals surface area contributed by atoms with Crippen LogP contribution in [0.3, 0.4) is 0 Å². The molecule has 6 heteroatoms. The molecule has 0 aliphatic carbocycles. The Morgan fingerprint density at radius 3 is 2.75 bits per heavy atom. The number of aromatic nitrogens is 1. The fourth-order valence-corrected chi connectivity index (χ4v) is 0.644. The number of hydrogen-bond donors (Lipinski definition) is 2. The summed E-state index contributed by atoms with van der Waals surface area (Å²) in [6.07, 6.45) is 0. The molecule has 0 bridgehead atoms. The maximum absolute atomic E-state index is 10.9. The molecule has 0 atom stereocenters. The molecule has 0 radical (unpaired) electrons. The van der Waals surface area contributed by atoms with Crippen LogP contribution in [0.5, 0.6) is 0 Å². The van der Waals surface area contributed by atoms with Crippen LogP contribution in [0.25, 0.3) is 0 Å². The van der Waals surface area contributed by atoms with E-state index in [1.807, 2.05) is 5.32 Å². The molecule has 6 nitrogen and oxygen atoms in total. The summed E-state index contributed by atoms with van der Waals surface area (Å²) in [6.45, 7) is 1.66. The van der Waals surface area contributed by atoms with Crippen LogP contribution in [-0.4, -0.2) is 17.1 Å². The van der Waals surface area contributed by atoms with Crippen LogP contribution in [-0.2, 0) is 0 Å². The molecule has 0 saturated carbocycles. The van der Waals surface area contributed by atoms with E-state index in [2.05, 4.69) is 9.68 Å². The van der Waals surface area contributed by atoms with Crippen molar-refractivity contribution in [1.29, 1.82) is 0 Å². The molecule has 1 rings (SSSR count). The van der Waals surface area contributed by atoms with E-state index in [9.17, 15) is 9.59 Å². The number of amides is 3. The van der Waals surface area contributed by atoms with E-state index in [-0.39, 0.29) is 5.76 Å². The van der Waals surface area contributed by atoms with Crippen LogP contribution in [0.2, 0.25) is 0 Å². The number of nitrogens with one attached hydrogen (secondary N) is 1. The highest BCUT2D eigenvalue weighted by molar-refractivity contribution is 6.01. The van der Waals surface area contributed by atoms with Crippen molar-refractivity contribution in [3.63, 3.8) is 0 Å². The average Bonchev–Trinajstić information content (AvgIpc) is 2.34. The molecule has 0 aliphatic rings. The molecule has 12 heavy (non-hydrogen) atoms. The maximum atomic E-state index is 10.9. The average molecular weight is 169 g/mol. The zero-order valence-corrected chi connectivity index (χ0v) is 6.33. The van der Waals surface area contributed by atoms with Gasteiger partial charge in [0.1, 0.15) is 0 Å². The van der Waals surface area contributed by atoms with Crippen molar-refractivity contribution in [3.05, 3.63) is 17.5 Å². The summed E-state index contributed by atoms with van der Waals surface area (Å²) in [5.74, 6) is -0.727. The van der Waals surface area contributed by atoms with Gasteiger partial charge in [0.25, 0.3) is 5.91 Å². The van der Waals surface area contributed by atoms with Crippen LogP contribution in [0.15, 0.2) is 10.6 Å². The molecule has 0 spiro atoms. The van der Waals surface area contributed by atoms with Gasteiger partial charge in [-0.2, -0.15) is 0 Å². The summed E-state index contributed by atoms with van der Waals surface area (Å²) in [4.78, 5) is 21.1. The predicted molar refractivity (Wildman–Crippen MR) is 38.3 cm³/mol. The van der Waals surface area contributed by atoms with Crippen molar-refractivity contribution in [1.82, 2.24) is 10.5 Å². The summed E-state index contributed by atoms with van der Waals surface area (Å²) in [7, 11) is 0. The van der Waals surface area contributed by atoms with E-state index in [1.165, 1.54) is 6.07 Å². The number of hydrogen-bond acceptors (Lipinski definition) is 4. The first-order valence-corrected chi connectivity index (χ1v) is 3.13. The minimum absolute atomic E-state index is 0.0358. The fraction of sp³-hybridized carbons (Fsp3) is 0.167. The number of nitrogens with two attached hydrogens (primary N) is 1. The molecule has 0 aromatic carbocycles. The zero-order chi connectivity index (χ0) is 9.14. The van der Waals surface area contributed by atoms with Crippen LogP contribution in [0.1, 0.15) is 16.2 Å². The highest BCUT2D eigenvalue weighted by atomic mass is 16.5. The summed E-state index contributed by atoms with van der Waals surface area (Å²) >= 11 is 0. The second-order valence-corrected chi connectivity index (χ2v) is 2.15. The molecule has 0 saturated heterocycles. The lowest BCUT2D eigenvalue weighted by Crippen LogP contribution is -2.34. The van der Waals surface area contributed by atoms with Crippen molar-refractivity contribution in [2.24, 2.45) is 5.73 Å². The number of nitrogens with zero attached hydrogens (tertiary/aromatic N) is 1. The Bertz CT molecular complexity index is 318. The fourth-order valence-electron chi connectivity index (χ4n) is 0.644. The lowest BCUT2D eigenvalue weighted by atomic mass is 10.4. The van der Waals surface area contributed by atoms with E-state index in [1.54, 1.807) is 6.92 Å². The normalized spacial score (nSPS) is 9.42. The molecular weight excluding hydrogens is 162 g/mol. The van der Waals surface area contributed by atoms with Gasteiger partial charge in [-0.1, -0.05) is 5.16 Å². The summed E-state index contributed by atoms with van der Waals surface area (Å²) in [5, 5.41) is 5.30. The van der Waals surface area contributed by atoms with Gasteiger partial charge in [-0.15, -0.1) is 0 Å². The van der Waals surface area contributed by atoms with Crippen LogP contribution >= 0.6 is 0 Å². The SMILES string of the molecule is Cc1cc(C(=O)NC(N)=O)on1. The molecule has 64 valence electrons. The number of aryl methyl sites for hydroxylation is 1. The van der Waals surface area contributed by atoms with Crippen molar-refractivity contribution >= 4 is 11.9 Å². The summed E-state index contributed by atoms with van der Waals surface area (Å²) < 4.78 is 4.56. The van der Waals surface area contributed by atoms with Crippen LogP contribution < -0.4 is 11.1 Å². The van der Waals surface area contributed by atoms with E-state index < -0.39 is 11.9 Å². The van der Waals surface area contributed by atoms with Crippen molar-refractivity contribution in [2.45, 2.75) is 6.92 Å². The molecule has 1 aromatic heterocycles. The van der Waals surface area contributed by atoms with Gasteiger partial charge < -0.3 is 10.3 Å². The number of carbonyl (C=O) groups is 2. The first-order valence-electron chi connectivity index (χ1n) is 3.13. The second-order valence-electron chi connectivity index (χ2n) is 2.15. The molecule has 0 aliphatic heterocycles. The Hall–Kier alpha value is -1.85. The van der Waals surface area contributed by atoms with Gasteiger partial charge in [-0.25, -0.2) is 4.79 Å². The molecular formula is C6H7N3O3. The summed E-state index contributed by atoms with van der Waals surface area (Å²) in [5.41, 5.74) is 5.26. The molecule has 3 amide bonds. The zero-order valence-electron chi connectivity index (χ0n) is 6.33. The number of urea groups is 1. The van der Waals surface area contributed by atoms with Gasteiger partial charge in [0, 0.05) is 6.07 Å². The Morgan fingerprint density at radius 2 is 2.33 bits per heavy atom. The number of imide groups is 1. The van der Waals surface area contributed by atoms with E-state index in [0.717, 1.165) is 0 Å². The third kappa shape index (κ3) is 1.82. The van der Waals surface area contributed by atoms with E-state index in [0.29, 0.717) is 5.69 Å². The molecule has 0 fully saturated rings. The van der Waals surface area contributed by atoms with Crippen molar-refractivity contribution in [3.8, 4) is 0 Å². The number of carbonyl (C=O) groups excluding carboxylic acids is 2. The monoisotopic (exact) mass is 169 g/mol. The minimum atomic E-state index is -0.922. The van der Waals surface area contributed by atoms with Gasteiger partial charge in [0.15, 0.2) is 0 Å². The third-order valence-corrected chi connectivity index (χ3v) is 1.09. The quantitative estimate of drug-likeness (QED) is 0.607. The van der Waals surface area contributed by atoms with Gasteiger partial charge in [-0.05, 0) is 6.92 Å². The Kier molecular flexibility index (Phi) is 2.09. The van der Waals surface area contributed by atoms with E-state index in [4.69, 9.17) is 5.73 Å². The first-order chi connectivity index (χ1) is 5.59.